The summed E-state index contributed by atoms with van der Waals surface area (Å²) >= 11 is 0. The monoisotopic (exact) mass is 228 g/mol. The van der Waals surface area contributed by atoms with E-state index in [1.54, 1.807) is 7.11 Å². The molecule has 2 unspecified atom stereocenters. The fourth-order valence-corrected chi connectivity index (χ4v) is 2.47. The van der Waals surface area contributed by atoms with Crippen LogP contribution in [0.25, 0.3) is 0 Å². The van der Waals surface area contributed by atoms with Crippen molar-refractivity contribution in [3.8, 4) is 0 Å². The van der Waals surface area contributed by atoms with Crippen molar-refractivity contribution in [1.29, 1.82) is 0 Å². The van der Waals surface area contributed by atoms with Gasteiger partial charge in [0.25, 0.3) is 0 Å². The number of rotatable bonds is 7. The SMILES string of the molecule is CCC1CCCN(CCNC(C)COC)C1. The predicted molar refractivity (Wildman–Crippen MR) is 68.8 cm³/mol. The molecule has 1 saturated heterocycles. The lowest BCUT2D eigenvalue weighted by atomic mass is 9.96. The number of hydrogen-bond acceptors (Lipinski definition) is 3. The molecule has 96 valence electrons. The zero-order chi connectivity index (χ0) is 11.8. The summed E-state index contributed by atoms with van der Waals surface area (Å²) in [5.41, 5.74) is 0. The van der Waals surface area contributed by atoms with Crippen LogP contribution in [0, 0.1) is 5.92 Å². The molecule has 0 aromatic carbocycles. The first kappa shape index (κ1) is 13.9. The number of nitrogens with zero attached hydrogens (tertiary/aromatic N) is 1. The molecule has 1 heterocycles. The third kappa shape index (κ3) is 5.28. The lowest BCUT2D eigenvalue weighted by Crippen LogP contribution is -2.41. The lowest BCUT2D eigenvalue weighted by molar-refractivity contribution is 0.155. The number of ether oxygens (including phenoxy) is 1. The van der Waals surface area contributed by atoms with Gasteiger partial charge in [0, 0.05) is 32.8 Å². The van der Waals surface area contributed by atoms with Gasteiger partial charge in [-0.1, -0.05) is 13.3 Å². The average molecular weight is 228 g/mol. The fraction of sp³-hybridized carbons (Fsp3) is 1.00. The van der Waals surface area contributed by atoms with Crippen LogP contribution in [-0.2, 0) is 4.74 Å². The Hall–Kier alpha value is -0.120. The van der Waals surface area contributed by atoms with Gasteiger partial charge in [-0.05, 0) is 32.2 Å². The molecule has 16 heavy (non-hydrogen) atoms. The predicted octanol–water partition coefficient (Wildman–Crippen LogP) is 1.73. The minimum Gasteiger partial charge on any atom is -0.383 e. The molecule has 2 atom stereocenters. The maximum Gasteiger partial charge on any atom is 0.0613 e. The molecule has 0 bridgehead atoms. The molecule has 0 radical (unpaired) electrons. The Bertz CT molecular complexity index is 175. The first-order valence-electron chi connectivity index (χ1n) is 6.71. The molecule has 1 aliphatic heterocycles. The minimum atomic E-state index is 0.469. The van der Waals surface area contributed by atoms with Crippen molar-refractivity contribution < 1.29 is 4.74 Å². The van der Waals surface area contributed by atoms with Crippen molar-refractivity contribution in [1.82, 2.24) is 10.2 Å². The highest BCUT2D eigenvalue weighted by Gasteiger charge is 2.17. The Morgan fingerprint density at radius 2 is 2.31 bits per heavy atom. The van der Waals surface area contributed by atoms with Crippen LogP contribution in [0.3, 0.4) is 0 Å². The molecule has 0 aromatic rings. The van der Waals surface area contributed by atoms with Gasteiger partial charge in [-0.3, -0.25) is 0 Å². The summed E-state index contributed by atoms with van der Waals surface area (Å²) in [6, 6.07) is 0.469. The van der Waals surface area contributed by atoms with E-state index in [1.807, 2.05) is 0 Å². The first-order valence-corrected chi connectivity index (χ1v) is 6.71. The van der Waals surface area contributed by atoms with Gasteiger partial charge in [0.05, 0.1) is 6.61 Å². The summed E-state index contributed by atoms with van der Waals surface area (Å²) in [7, 11) is 1.76. The van der Waals surface area contributed by atoms with Crippen molar-refractivity contribution >= 4 is 0 Å². The molecule has 1 aliphatic rings. The van der Waals surface area contributed by atoms with Crippen LogP contribution in [0.15, 0.2) is 0 Å². The molecule has 1 fully saturated rings. The molecule has 0 aliphatic carbocycles. The van der Waals surface area contributed by atoms with Crippen LogP contribution in [0.2, 0.25) is 0 Å². The quantitative estimate of drug-likeness (QED) is 0.718. The van der Waals surface area contributed by atoms with Gasteiger partial charge in [0.2, 0.25) is 0 Å². The topological polar surface area (TPSA) is 24.5 Å². The molecule has 1 rings (SSSR count). The summed E-state index contributed by atoms with van der Waals surface area (Å²) in [4.78, 5) is 2.60. The van der Waals surface area contributed by atoms with Crippen molar-refractivity contribution in [3.63, 3.8) is 0 Å². The van der Waals surface area contributed by atoms with Crippen LogP contribution in [-0.4, -0.2) is 50.8 Å². The number of nitrogens with one attached hydrogen (secondary N) is 1. The zero-order valence-corrected chi connectivity index (χ0v) is 11.2. The maximum atomic E-state index is 5.10. The van der Waals surface area contributed by atoms with Crippen LogP contribution >= 0.6 is 0 Å². The number of hydrogen-bond donors (Lipinski definition) is 1. The Morgan fingerprint density at radius 1 is 1.50 bits per heavy atom. The first-order chi connectivity index (χ1) is 7.76. The van der Waals surface area contributed by atoms with Crippen molar-refractivity contribution in [2.24, 2.45) is 5.92 Å². The van der Waals surface area contributed by atoms with Gasteiger partial charge in [-0.2, -0.15) is 0 Å². The van der Waals surface area contributed by atoms with E-state index in [0.717, 1.165) is 19.1 Å². The van der Waals surface area contributed by atoms with Gasteiger partial charge >= 0.3 is 0 Å². The summed E-state index contributed by atoms with van der Waals surface area (Å²) in [6.07, 6.45) is 4.15. The van der Waals surface area contributed by atoms with E-state index in [4.69, 9.17) is 4.74 Å². The largest absolute Gasteiger partial charge is 0.383 e. The van der Waals surface area contributed by atoms with E-state index in [2.05, 4.69) is 24.1 Å². The van der Waals surface area contributed by atoms with E-state index in [-0.39, 0.29) is 0 Å². The smallest absolute Gasteiger partial charge is 0.0613 e. The van der Waals surface area contributed by atoms with Crippen LogP contribution in [0.1, 0.15) is 33.1 Å². The van der Waals surface area contributed by atoms with Gasteiger partial charge < -0.3 is 15.0 Å². The van der Waals surface area contributed by atoms with E-state index < -0.39 is 0 Å². The molecule has 1 N–H and O–H groups in total. The Morgan fingerprint density at radius 3 is 3.00 bits per heavy atom. The highest BCUT2D eigenvalue weighted by molar-refractivity contribution is 4.73. The Kier molecular flexibility index (Phi) is 7.01. The lowest BCUT2D eigenvalue weighted by Gasteiger charge is -2.32. The number of piperidine rings is 1. The van der Waals surface area contributed by atoms with Crippen molar-refractivity contribution in [2.75, 3.05) is 39.9 Å². The van der Waals surface area contributed by atoms with Crippen LogP contribution in [0.4, 0.5) is 0 Å². The molecule has 0 aromatic heterocycles. The van der Waals surface area contributed by atoms with Gasteiger partial charge in [0.15, 0.2) is 0 Å². The summed E-state index contributed by atoms with van der Waals surface area (Å²) in [6.45, 7) is 10.2. The zero-order valence-electron chi connectivity index (χ0n) is 11.2. The standard InChI is InChI=1S/C13H28N2O/c1-4-13-6-5-8-15(10-13)9-7-14-12(2)11-16-3/h12-14H,4-11H2,1-3H3. The number of likely N-dealkylation sites (tertiary alicyclic amines) is 1. The highest BCUT2D eigenvalue weighted by atomic mass is 16.5. The third-order valence-corrected chi connectivity index (χ3v) is 3.52. The van der Waals surface area contributed by atoms with Gasteiger partial charge in [-0.25, -0.2) is 0 Å². The summed E-state index contributed by atoms with van der Waals surface area (Å²) in [5, 5.41) is 3.50. The number of methoxy groups -OCH3 is 1. The summed E-state index contributed by atoms with van der Waals surface area (Å²) in [5.74, 6) is 0.935. The third-order valence-electron chi connectivity index (χ3n) is 3.52. The summed E-state index contributed by atoms with van der Waals surface area (Å²) < 4.78 is 5.10. The molecular formula is C13H28N2O. The van der Waals surface area contributed by atoms with Crippen LogP contribution in [0.5, 0.6) is 0 Å². The molecule has 0 amide bonds. The minimum absolute atomic E-state index is 0.469. The molecule has 3 nitrogen and oxygen atoms in total. The van der Waals surface area contributed by atoms with Gasteiger partial charge in [0.1, 0.15) is 0 Å². The van der Waals surface area contributed by atoms with Gasteiger partial charge in [-0.15, -0.1) is 0 Å². The fourth-order valence-electron chi connectivity index (χ4n) is 2.47. The Labute approximate surface area is 101 Å². The second-order valence-electron chi connectivity index (χ2n) is 5.03. The maximum absolute atomic E-state index is 5.10. The Balaban J connectivity index is 2.08. The van der Waals surface area contributed by atoms with E-state index in [1.165, 1.54) is 38.9 Å². The van der Waals surface area contributed by atoms with Crippen LogP contribution < -0.4 is 5.32 Å². The second kappa shape index (κ2) is 8.04. The highest BCUT2D eigenvalue weighted by Crippen LogP contribution is 2.18. The van der Waals surface area contributed by atoms with Crippen molar-refractivity contribution in [3.05, 3.63) is 0 Å². The van der Waals surface area contributed by atoms with E-state index >= 15 is 0 Å². The average Bonchev–Trinajstić information content (AvgIpc) is 2.30. The molecule has 0 saturated carbocycles. The van der Waals surface area contributed by atoms with Crippen molar-refractivity contribution in [2.45, 2.75) is 39.2 Å². The van der Waals surface area contributed by atoms with E-state index in [9.17, 15) is 0 Å². The second-order valence-corrected chi connectivity index (χ2v) is 5.03. The normalized spacial score (nSPS) is 24.6. The molecule has 0 spiro atoms. The van der Waals surface area contributed by atoms with E-state index in [0.29, 0.717) is 6.04 Å². The molecular weight excluding hydrogens is 200 g/mol. The molecule has 3 heteroatoms.